The molecule has 1 heterocycles. The van der Waals surface area contributed by atoms with Crippen LogP contribution in [0.1, 0.15) is 20.8 Å². The summed E-state index contributed by atoms with van der Waals surface area (Å²) in [5.41, 5.74) is -4.04. The van der Waals surface area contributed by atoms with Gasteiger partial charge in [0.2, 0.25) is 14.9 Å². The molecule has 8 heteroatoms. The molecule has 1 aromatic heterocycles. The SMILES string of the molecule is C[Si](C)OC(CO)(n1cc(F)c(=O)[nH]c1=O)C(C)(C)C. The van der Waals surface area contributed by atoms with Gasteiger partial charge in [-0.2, -0.15) is 4.39 Å². The molecule has 0 amide bonds. The van der Waals surface area contributed by atoms with Crippen molar-refractivity contribution >= 4 is 9.04 Å². The number of aliphatic hydroxyl groups excluding tert-OH is 1. The molecule has 0 saturated carbocycles. The fourth-order valence-electron chi connectivity index (χ4n) is 1.96. The summed E-state index contributed by atoms with van der Waals surface area (Å²) in [7, 11) is -1.31. The molecule has 1 atom stereocenters. The molecular weight excluding hydrogens is 283 g/mol. The first-order chi connectivity index (χ1) is 9.05. The Labute approximate surface area is 117 Å². The second-order valence-electron chi connectivity index (χ2n) is 5.81. The molecule has 1 rings (SSSR count). The van der Waals surface area contributed by atoms with Gasteiger partial charge in [0.25, 0.3) is 5.56 Å². The zero-order valence-corrected chi connectivity index (χ0v) is 13.3. The van der Waals surface area contributed by atoms with Gasteiger partial charge < -0.3 is 9.53 Å². The maximum Gasteiger partial charge on any atom is 0.330 e. The van der Waals surface area contributed by atoms with Crippen molar-refractivity contribution in [2.75, 3.05) is 6.61 Å². The van der Waals surface area contributed by atoms with Crippen LogP contribution in [0.15, 0.2) is 15.8 Å². The van der Waals surface area contributed by atoms with E-state index in [1.807, 2.05) is 18.1 Å². The molecule has 0 spiro atoms. The van der Waals surface area contributed by atoms with Gasteiger partial charge in [0.05, 0.1) is 12.8 Å². The lowest BCUT2D eigenvalue weighted by atomic mass is 9.83. The summed E-state index contributed by atoms with van der Waals surface area (Å²) >= 11 is 0. The van der Waals surface area contributed by atoms with E-state index in [1.165, 1.54) is 0 Å². The number of halogens is 1. The van der Waals surface area contributed by atoms with Gasteiger partial charge in [-0.15, -0.1) is 0 Å². The summed E-state index contributed by atoms with van der Waals surface area (Å²) < 4.78 is 20.3. The van der Waals surface area contributed by atoms with E-state index in [1.54, 1.807) is 20.8 Å². The quantitative estimate of drug-likeness (QED) is 0.799. The van der Waals surface area contributed by atoms with E-state index in [0.29, 0.717) is 0 Å². The largest absolute Gasteiger partial charge is 0.393 e. The summed E-state index contributed by atoms with van der Waals surface area (Å²) in [5.74, 6) is -1.10. The van der Waals surface area contributed by atoms with E-state index in [-0.39, 0.29) is 0 Å². The summed E-state index contributed by atoms with van der Waals surface area (Å²) in [6.45, 7) is 8.47. The van der Waals surface area contributed by atoms with Gasteiger partial charge >= 0.3 is 5.69 Å². The molecule has 20 heavy (non-hydrogen) atoms. The highest BCUT2D eigenvalue weighted by Crippen LogP contribution is 2.37. The van der Waals surface area contributed by atoms with Crippen LogP contribution in [0.2, 0.25) is 13.1 Å². The molecule has 0 bridgehead atoms. The lowest BCUT2D eigenvalue weighted by Crippen LogP contribution is -2.57. The minimum absolute atomic E-state index is 0.516. The van der Waals surface area contributed by atoms with Gasteiger partial charge in [-0.05, 0) is 13.1 Å². The third-order valence-electron chi connectivity index (χ3n) is 3.05. The number of hydrogen-bond donors (Lipinski definition) is 2. The van der Waals surface area contributed by atoms with Crippen molar-refractivity contribution < 1.29 is 13.9 Å². The van der Waals surface area contributed by atoms with Crippen LogP contribution in [-0.4, -0.2) is 30.3 Å². The first-order valence-electron chi connectivity index (χ1n) is 6.17. The number of rotatable bonds is 4. The van der Waals surface area contributed by atoms with Crippen LogP contribution in [0.25, 0.3) is 0 Å². The Balaban J connectivity index is 3.65. The standard InChI is InChI=1S/C12H20FN2O4Si/c1-11(2,3)12(7-16,19-20(4)5)15-6-8(13)9(17)14-10(15)18/h6,16H,7H2,1-5H3,(H,14,17,18). The van der Waals surface area contributed by atoms with Crippen molar-refractivity contribution in [1.82, 2.24) is 9.55 Å². The molecular formula is C12H20FN2O4Si. The predicted octanol–water partition coefficient (Wildman–Crippen LogP) is 0.635. The van der Waals surface area contributed by atoms with Crippen LogP contribution >= 0.6 is 0 Å². The normalized spacial score (nSPS) is 15.4. The first-order valence-corrected chi connectivity index (χ1v) is 8.58. The smallest absolute Gasteiger partial charge is 0.330 e. The molecule has 6 nitrogen and oxygen atoms in total. The minimum atomic E-state index is -1.44. The fourth-order valence-corrected chi connectivity index (χ4v) is 3.11. The summed E-state index contributed by atoms with van der Waals surface area (Å²) in [6.07, 6.45) is 0.785. The number of aromatic amines is 1. The van der Waals surface area contributed by atoms with Gasteiger partial charge in [-0.1, -0.05) is 20.8 Å². The predicted molar refractivity (Wildman–Crippen MR) is 74.4 cm³/mol. The Morgan fingerprint density at radius 2 is 1.95 bits per heavy atom. The number of aliphatic hydroxyl groups is 1. The number of nitrogens with one attached hydrogen (secondary N) is 1. The lowest BCUT2D eigenvalue weighted by molar-refractivity contribution is -0.143. The second-order valence-corrected chi connectivity index (χ2v) is 7.83. The van der Waals surface area contributed by atoms with E-state index in [0.717, 1.165) is 10.8 Å². The van der Waals surface area contributed by atoms with Crippen molar-refractivity contribution in [3.63, 3.8) is 0 Å². The average molecular weight is 303 g/mol. The summed E-state index contributed by atoms with van der Waals surface area (Å²) in [6, 6.07) is 0. The van der Waals surface area contributed by atoms with Crippen LogP contribution in [0.3, 0.4) is 0 Å². The highest BCUT2D eigenvalue weighted by atomic mass is 28.3. The maximum absolute atomic E-state index is 13.5. The Hall–Kier alpha value is -1.25. The number of H-pyrrole nitrogens is 1. The van der Waals surface area contributed by atoms with Crippen LogP contribution in [-0.2, 0) is 10.2 Å². The number of hydrogen-bond acceptors (Lipinski definition) is 4. The monoisotopic (exact) mass is 303 g/mol. The average Bonchev–Trinajstić information content (AvgIpc) is 2.29. The van der Waals surface area contributed by atoms with E-state index in [2.05, 4.69) is 0 Å². The van der Waals surface area contributed by atoms with Gasteiger partial charge in [-0.25, -0.2) is 4.79 Å². The molecule has 1 radical (unpaired) electrons. The Morgan fingerprint density at radius 1 is 1.40 bits per heavy atom. The lowest BCUT2D eigenvalue weighted by Gasteiger charge is -2.45. The zero-order valence-electron chi connectivity index (χ0n) is 12.3. The third-order valence-corrected chi connectivity index (χ3v) is 3.79. The van der Waals surface area contributed by atoms with Gasteiger partial charge in [-0.3, -0.25) is 14.3 Å². The first kappa shape index (κ1) is 16.8. The van der Waals surface area contributed by atoms with E-state index in [9.17, 15) is 19.1 Å². The minimum Gasteiger partial charge on any atom is -0.393 e. The number of nitrogens with zero attached hydrogens (tertiary/aromatic N) is 1. The van der Waals surface area contributed by atoms with Crippen LogP contribution in [0.4, 0.5) is 4.39 Å². The Bertz CT molecular complexity index is 590. The Morgan fingerprint density at radius 3 is 2.35 bits per heavy atom. The highest BCUT2D eigenvalue weighted by molar-refractivity contribution is 6.48. The van der Waals surface area contributed by atoms with Crippen LogP contribution in [0, 0.1) is 11.2 Å². The maximum atomic E-state index is 13.5. The third kappa shape index (κ3) is 2.91. The van der Waals surface area contributed by atoms with E-state index in [4.69, 9.17) is 4.43 Å². The molecule has 1 unspecified atom stereocenters. The molecule has 0 aromatic carbocycles. The van der Waals surface area contributed by atoms with Crippen molar-refractivity contribution in [2.24, 2.45) is 5.41 Å². The van der Waals surface area contributed by atoms with Crippen molar-refractivity contribution in [2.45, 2.75) is 39.6 Å². The van der Waals surface area contributed by atoms with Crippen LogP contribution < -0.4 is 11.2 Å². The molecule has 0 saturated heterocycles. The van der Waals surface area contributed by atoms with Crippen molar-refractivity contribution in [3.05, 3.63) is 32.9 Å². The molecule has 0 fully saturated rings. The summed E-state index contributed by atoms with van der Waals surface area (Å²) in [5, 5.41) is 9.82. The fraction of sp³-hybridized carbons (Fsp3) is 0.667. The molecule has 0 aliphatic rings. The topological polar surface area (TPSA) is 84.3 Å². The van der Waals surface area contributed by atoms with E-state index < -0.39 is 43.9 Å². The zero-order chi connectivity index (χ0) is 15.7. The second kappa shape index (κ2) is 5.62. The van der Waals surface area contributed by atoms with Gasteiger partial charge in [0.1, 0.15) is 0 Å². The van der Waals surface area contributed by atoms with E-state index >= 15 is 0 Å². The Kier molecular flexibility index (Phi) is 4.72. The van der Waals surface area contributed by atoms with Gasteiger partial charge in [0.15, 0.2) is 5.72 Å². The molecule has 2 N–H and O–H groups in total. The van der Waals surface area contributed by atoms with Crippen LogP contribution in [0.5, 0.6) is 0 Å². The van der Waals surface area contributed by atoms with Crippen molar-refractivity contribution in [3.8, 4) is 0 Å². The molecule has 0 aliphatic carbocycles. The molecule has 1 aromatic rings. The highest BCUT2D eigenvalue weighted by Gasteiger charge is 2.46. The van der Waals surface area contributed by atoms with Gasteiger partial charge in [0, 0.05) is 5.41 Å². The van der Waals surface area contributed by atoms with Crippen molar-refractivity contribution in [1.29, 1.82) is 0 Å². The molecule has 113 valence electrons. The number of aromatic nitrogens is 2. The summed E-state index contributed by atoms with van der Waals surface area (Å²) in [4.78, 5) is 25.0. The molecule has 0 aliphatic heterocycles.